The van der Waals surface area contributed by atoms with Crippen molar-refractivity contribution in [1.82, 2.24) is 5.32 Å². The van der Waals surface area contributed by atoms with Crippen molar-refractivity contribution in [1.29, 1.82) is 0 Å². The van der Waals surface area contributed by atoms with Crippen LogP contribution in [0.15, 0.2) is 29.3 Å². The molecule has 1 aromatic carbocycles. The van der Waals surface area contributed by atoms with Gasteiger partial charge in [-0.25, -0.2) is 13.6 Å². The molecule has 8 heteroatoms. The van der Waals surface area contributed by atoms with Gasteiger partial charge in [0.15, 0.2) is 5.60 Å². The van der Waals surface area contributed by atoms with Crippen LogP contribution in [-0.4, -0.2) is 41.0 Å². The van der Waals surface area contributed by atoms with Crippen LogP contribution in [0.3, 0.4) is 0 Å². The first-order chi connectivity index (χ1) is 11.8. The topological polar surface area (TPSA) is 81.9 Å². The predicted octanol–water partition coefficient (Wildman–Crippen LogP) is 2.75. The molecular formula is C18H23ClF2N2O3. The number of alkyl halides is 2. The van der Waals surface area contributed by atoms with Crippen molar-refractivity contribution >= 4 is 24.7 Å². The number of carboxylic acids is 1. The van der Waals surface area contributed by atoms with Gasteiger partial charge >= 0.3 is 5.97 Å². The van der Waals surface area contributed by atoms with Crippen molar-refractivity contribution < 1.29 is 23.8 Å². The molecule has 2 aliphatic rings. The van der Waals surface area contributed by atoms with Crippen LogP contribution in [0.25, 0.3) is 0 Å². The molecule has 1 heterocycles. The SMILES string of the molecule is Cl.O=C(O)[C@](O)(c1ccccc1C[C@H]1CCN=CN1)[C@@H]1CCC(F)(F)C1. The Morgan fingerprint density at radius 3 is 2.65 bits per heavy atom. The molecule has 0 amide bonds. The molecule has 0 aromatic heterocycles. The van der Waals surface area contributed by atoms with Crippen molar-refractivity contribution in [3.05, 3.63) is 35.4 Å². The normalized spacial score (nSPS) is 26.4. The van der Waals surface area contributed by atoms with E-state index in [1.165, 1.54) is 6.07 Å². The Morgan fingerprint density at radius 1 is 1.35 bits per heavy atom. The van der Waals surface area contributed by atoms with E-state index in [0.717, 1.165) is 6.42 Å². The molecule has 1 saturated carbocycles. The van der Waals surface area contributed by atoms with Crippen LogP contribution >= 0.6 is 12.4 Å². The third-order valence-corrected chi connectivity index (χ3v) is 5.22. The molecule has 0 radical (unpaired) electrons. The molecule has 1 aromatic rings. The highest BCUT2D eigenvalue weighted by Gasteiger charge is 2.54. The van der Waals surface area contributed by atoms with E-state index in [0.29, 0.717) is 18.5 Å². The minimum absolute atomic E-state index is 0. The summed E-state index contributed by atoms with van der Waals surface area (Å²) in [6.45, 7) is 0.678. The number of aliphatic carboxylic acids is 1. The summed E-state index contributed by atoms with van der Waals surface area (Å²) < 4.78 is 27.3. The average molecular weight is 389 g/mol. The summed E-state index contributed by atoms with van der Waals surface area (Å²) in [5.74, 6) is -5.41. The molecule has 1 fully saturated rings. The van der Waals surface area contributed by atoms with Crippen LogP contribution in [0.5, 0.6) is 0 Å². The van der Waals surface area contributed by atoms with Gasteiger partial charge in [-0.1, -0.05) is 24.3 Å². The van der Waals surface area contributed by atoms with Gasteiger partial charge in [0.1, 0.15) is 0 Å². The molecule has 1 aliphatic heterocycles. The summed E-state index contributed by atoms with van der Waals surface area (Å²) in [6.07, 6.45) is 1.89. The van der Waals surface area contributed by atoms with Gasteiger partial charge < -0.3 is 15.5 Å². The van der Waals surface area contributed by atoms with Crippen molar-refractivity contribution in [3.63, 3.8) is 0 Å². The van der Waals surface area contributed by atoms with Crippen molar-refractivity contribution in [2.24, 2.45) is 10.9 Å². The molecule has 26 heavy (non-hydrogen) atoms. The van der Waals surface area contributed by atoms with Gasteiger partial charge in [-0.05, 0) is 30.4 Å². The number of carboxylic acid groups (broad SMARTS) is 1. The first-order valence-electron chi connectivity index (χ1n) is 8.49. The van der Waals surface area contributed by atoms with Crippen molar-refractivity contribution in [3.8, 4) is 0 Å². The Morgan fingerprint density at radius 2 is 2.08 bits per heavy atom. The zero-order valence-corrected chi connectivity index (χ0v) is 15.0. The number of aliphatic hydroxyl groups is 1. The maximum absolute atomic E-state index is 13.6. The van der Waals surface area contributed by atoms with Gasteiger partial charge in [-0.3, -0.25) is 4.99 Å². The van der Waals surface area contributed by atoms with Crippen LogP contribution in [-0.2, 0) is 16.8 Å². The number of hydrogen-bond donors (Lipinski definition) is 3. The molecule has 3 N–H and O–H groups in total. The van der Waals surface area contributed by atoms with Gasteiger partial charge in [0.2, 0.25) is 5.92 Å². The highest BCUT2D eigenvalue weighted by molar-refractivity contribution is 5.85. The average Bonchev–Trinajstić information content (AvgIpc) is 2.96. The van der Waals surface area contributed by atoms with E-state index in [2.05, 4.69) is 10.3 Å². The van der Waals surface area contributed by atoms with Gasteiger partial charge in [0, 0.05) is 31.3 Å². The lowest BCUT2D eigenvalue weighted by molar-refractivity contribution is -0.167. The summed E-state index contributed by atoms with van der Waals surface area (Å²) in [4.78, 5) is 16.0. The maximum Gasteiger partial charge on any atom is 0.340 e. The molecule has 5 nitrogen and oxygen atoms in total. The molecule has 1 aliphatic carbocycles. The number of nitrogens with zero attached hydrogens (tertiary/aromatic N) is 1. The number of aliphatic imine (C=N–C) groups is 1. The molecule has 0 bridgehead atoms. The van der Waals surface area contributed by atoms with Crippen molar-refractivity contribution in [2.75, 3.05) is 6.54 Å². The number of hydrogen-bond acceptors (Lipinski definition) is 4. The fourth-order valence-electron chi connectivity index (χ4n) is 3.85. The molecule has 0 unspecified atom stereocenters. The first kappa shape index (κ1) is 20.6. The van der Waals surface area contributed by atoms with E-state index in [9.17, 15) is 23.8 Å². The molecule has 3 rings (SSSR count). The van der Waals surface area contributed by atoms with Gasteiger partial charge in [-0.15, -0.1) is 12.4 Å². The number of nitrogens with one attached hydrogen (secondary N) is 1. The zero-order chi connectivity index (χ0) is 18.1. The van der Waals surface area contributed by atoms with Crippen LogP contribution < -0.4 is 5.32 Å². The fourth-order valence-corrected chi connectivity index (χ4v) is 3.85. The standard InChI is InChI=1S/C18H22F2N2O3.ClH/c19-17(20)7-5-13(10-17)18(25,16(23)24)15-4-2-1-3-12(15)9-14-6-8-21-11-22-14;/h1-4,11,13-14,25H,5-10H2,(H,21,22)(H,23,24);1H/t13-,14-,18-;/m1./s1. The summed E-state index contributed by atoms with van der Waals surface area (Å²) in [5.41, 5.74) is -1.43. The van der Waals surface area contributed by atoms with Gasteiger partial charge in [-0.2, -0.15) is 0 Å². The second-order valence-corrected chi connectivity index (χ2v) is 6.92. The third-order valence-electron chi connectivity index (χ3n) is 5.22. The maximum atomic E-state index is 13.6. The van der Waals surface area contributed by atoms with E-state index in [1.807, 2.05) is 0 Å². The zero-order valence-electron chi connectivity index (χ0n) is 14.2. The number of benzene rings is 1. The van der Waals surface area contributed by atoms with E-state index >= 15 is 0 Å². The van der Waals surface area contributed by atoms with Crippen molar-refractivity contribution in [2.45, 2.75) is 49.7 Å². The summed E-state index contributed by atoms with van der Waals surface area (Å²) >= 11 is 0. The number of carbonyl (C=O) groups is 1. The minimum Gasteiger partial charge on any atom is -0.479 e. The number of rotatable bonds is 5. The number of halogens is 3. The van der Waals surface area contributed by atoms with Crippen LogP contribution in [0.1, 0.15) is 36.8 Å². The molecule has 0 saturated heterocycles. The van der Waals surface area contributed by atoms with E-state index in [-0.39, 0.29) is 30.4 Å². The van der Waals surface area contributed by atoms with Gasteiger partial charge in [0.25, 0.3) is 0 Å². The quantitative estimate of drug-likeness (QED) is 0.724. The van der Waals surface area contributed by atoms with E-state index in [4.69, 9.17) is 0 Å². The largest absolute Gasteiger partial charge is 0.479 e. The fraction of sp³-hybridized carbons (Fsp3) is 0.556. The lowest BCUT2D eigenvalue weighted by Gasteiger charge is -2.33. The monoisotopic (exact) mass is 388 g/mol. The van der Waals surface area contributed by atoms with Crippen LogP contribution in [0.4, 0.5) is 8.78 Å². The minimum atomic E-state index is -2.93. The molecule has 144 valence electrons. The van der Waals surface area contributed by atoms with Crippen LogP contribution in [0, 0.1) is 5.92 Å². The first-order valence-corrected chi connectivity index (χ1v) is 8.49. The highest BCUT2D eigenvalue weighted by atomic mass is 35.5. The lowest BCUT2D eigenvalue weighted by Crippen LogP contribution is -2.44. The summed E-state index contributed by atoms with van der Waals surface area (Å²) in [6, 6.07) is 6.76. The Kier molecular flexibility index (Phi) is 6.24. The molecule has 0 spiro atoms. The van der Waals surface area contributed by atoms with E-state index < -0.39 is 36.3 Å². The predicted molar refractivity (Wildman–Crippen MR) is 96.1 cm³/mol. The smallest absolute Gasteiger partial charge is 0.340 e. The Labute approximate surface area is 156 Å². The summed E-state index contributed by atoms with van der Waals surface area (Å²) in [5, 5.41) is 23.9. The second-order valence-electron chi connectivity index (χ2n) is 6.92. The highest BCUT2D eigenvalue weighted by Crippen LogP contribution is 2.48. The van der Waals surface area contributed by atoms with E-state index in [1.54, 1.807) is 24.5 Å². The molecular weight excluding hydrogens is 366 g/mol. The third kappa shape index (κ3) is 3.99. The van der Waals surface area contributed by atoms with Crippen LogP contribution in [0.2, 0.25) is 0 Å². The van der Waals surface area contributed by atoms with Gasteiger partial charge in [0.05, 0.1) is 6.34 Å². The second kappa shape index (κ2) is 7.88. The summed E-state index contributed by atoms with van der Waals surface area (Å²) in [7, 11) is 0. The Hall–Kier alpha value is -1.73. The Balaban J connectivity index is 0.00000243. The lowest BCUT2D eigenvalue weighted by atomic mass is 9.77. The molecule has 3 atom stereocenters. The Bertz CT molecular complexity index is 686.